The molecule has 52 heavy (non-hydrogen) atoms. The summed E-state index contributed by atoms with van der Waals surface area (Å²) in [5, 5.41) is 0. The predicted octanol–water partition coefficient (Wildman–Crippen LogP) is 16.0. The molecular weight excluding hydrogens is 980 g/mol. The van der Waals surface area contributed by atoms with Crippen LogP contribution in [0.5, 0.6) is 0 Å². The van der Waals surface area contributed by atoms with Crippen LogP contribution in [0, 0.1) is 0 Å². The Labute approximate surface area is 352 Å². The van der Waals surface area contributed by atoms with Gasteiger partial charge in [-0.15, -0.1) is 45.3 Å². The Balaban J connectivity index is 1.21. The number of halogens is 4. The van der Waals surface area contributed by atoms with E-state index in [0.29, 0.717) is 0 Å². The number of hydrogen-bond donors (Lipinski definition) is 0. The van der Waals surface area contributed by atoms with Crippen LogP contribution >= 0.6 is 109 Å². The number of fused-ring (bicyclic) bond motifs is 16. The van der Waals surface area contributed by atoms with E-state index in [1.54, 1.807) is 0 Å². The molecule has 2 aromatic carbocycles. The third kappa shape index (κ3) is 6.64. The fraction of sp³-hybridized carbons (Fsp3) is 0.0476. The molecule has 0 radical (unpaired) electrons. The summed E-state index contributed by atoms with van der Waals surface area (Å²) in [4.78, 5) is 9.70. The third-order valence-corrected chi connectivity index (χ3v) is 17.3. The van der Waals surface area contributed by atoms with Gasteiger partial charge in [0.2, 0.25) is 0 Å². The monoisotopic (exact) mass is 1000 g/mol. The predicted molar refractivity (Wildman–Crippen MR) is 242 cm³/mol. The van der Waals surface area contributed by atoms with E-state index in [2.05, 4.69) is 206 Å². The highest BCUT2D eigenvalue weighted by molar-refractivity contribution is 9.13. The van der Waals surface area contributed by atoms with Crippen molar-refractivity contribution in [2.45, 2.75) is 13.1 Å². The summed E-state index contributed by atoms with van der Waals surface area (Å²) in [7, 11) is 0. The fourth-order valence-electron chi connectivity index (χ4n) is 6.53. The zero-order valence-electron chi connectivity index (χ0n) is 27.2. The van der Waals surface area contributed by atoms with Gasteiger partial charge in [0, 0.05) is 32.6 Å². The van der Waals surface area contributed by atoms with E-state index in [1.807, 2.05) is 45.3 Å². The average molecular weight is 1010 g/mol. The first-order valence-corrected chi connectivity index (χ1v) is 22.8. The lowest BCUT2D eigenvalue weighted by atomic mass is 10.2. The van der Waals surface area contributed by atoms with Crippen LogP contribution in [0.25, 0.3) is 66.6 Å². The standard InChI is InChI=1S/C42H26Br4N2S4/c43-35-36(44)40-32-20-16-28(50-32)12-14-30-18-22-34(52-30)42-38(46)37(45)41(48(42)24-26-9-5-2-6-10-26)33-21-17-29(51-33)13-11-27-15-19-31(49-27)39(35)47(40)23-25-7-3-1-4-8-25/h1-22H,23-24H2/b13-11-,14-12-,27-11?,28-12?,29-13?,30-14?,39-31?,40-32?,41-33?,42-34?. The van der Waals surface area contributed by atoms with Gasteiger partial charge in [-0.1, -0.05) is 60.7 Å². The highest BCUT2D eigenvalue weighted by Gasteiger charge is 2.26. The summed E-state index contributed by atoms with van der Waals surface area (Å²) >= 11 is 23.3. The van der Waals surface area contributed by atoms with Gasteiger partial charge in [0.25, 0.3) is 0 Å². The Morgan fingerprint density at radius 1 is 0.346 bits per heavy atom. The van der Waals surface area contributed by atoms with Gasteiger partial charge < -0.3 is 9.13 Å². The number of rotatable bonds is 4. The maximum absolute atomic E-state index is 4.02. The van der Waals surface area contributed by atoms with Crippen molar-refractivity contribution < 1.29 is 0 Å². The molecule has 0 fully saturated rings. The Bertz CT molecular complexity index is 2310. The molecule has 9 rings (SSSR count). The minimum Gasteiger partial charge on any atom is -0.333 e. The normalized spacial score (nSPS) is 13.5. The van der Waals surface area contributed by atoms with Crippen LogP contribution in [0.1, 0.15) is 30.6 Å². The van der Waals surface area contributed by atoms with Gasteiger partial charge in [0.05, 0.1) is 60.2 Å². The van der Waals surface area contributed by atoms with Crippen molar-refractivity contribution in [1.82, 2.24) is 9.13 Å². The summed E-state index contributed by atoms with van der Waals surface area (Å²) in [5.74, 6) is 0. The maximum Gasteiger partial charge on any atom is 0.0746 e. The largest absolute Gasteiger partial charge is 0.333 e. The molecule has 7 heterocycles. The van der Waals surface area contributed by atoms with Crippen LogP contribution < -0.4 is 0 Å². The van der Waals surface area contributed by atoms with Crippen molar-refractivity contribution in [2.24, 2.45) is 0 Å². The smallest absolute Gasteiger partial charge is 0.0746 e. The summed E-state index contributed by atoms with van der Waals surface area (Å²) in [6, 6.07) is 39.4. The van der Waals surface area contributed by atoms with Gasteiger partial charge in [-0.05, 0) is 148 Å². The zero-order valence-corrected chi connectivity index (χ0v) is 36.8. The molecule has 0 N–H and O–H groups in total. The topological polar surface area (TPSA) is 9.86 Å². The summed E-state index contributed by atoms with van der Waals surface area (Å²) in [6.07, 6.45) is 8.98. The Hall–Kier alpha value is -2.80. The van der Waals surface area contributed by atoms with Crippen LogP contribution in [-0.2, 0) is 13.1 Å². The van der Waals surface area contributed by atoms with E-state index in [1.165, 1.54) is 72.9 Å². The average Bonchev–Trinajstić information content (AvgIpc) is 4.02. The number of nitrogens with zero attached hydrogens (tertiary/aromatic N) is 2. The van der Waals surface area contributed by atoms with Gasteiger partial charge in [-0.25, -0.2) is 0 Å². The van der Waals surface area contributed by atoms with E-state index in [4.69, 9.17) is 0 Å². The molecule has 1 aliphatic heterocycles. The van der Waals surface area contributed by atoms with Crippen LogP contribution in [0.15, 0.2) is 127 Å². The molecule has 0 saturated carbocycles. The van der Waals surface area contributed by atoms with Crippen molar-refractivity contribution in [1.29, 1.82) is 0 Å². The molecule has 0 atom stereocenters. The van der Waals surface area contributed by atoms with E-state index < -0.39 is 0 Å². The maximum atomic E-state index is 4.02. The minimum absolute atomic E-state index is 0.760. The van der Waals surface area contributed by atoms with E-state index in [9.17, 15) is 0 Å². The van der Waals surface area contributed by atoms with Crippen molar-refractivity contribution in [3.63, 3.8) is 0 Å². The number of hydrogen-bond acceptors (Lipinski definition) is 4. The Morgan fingerprint density at radius 2 is 0.615 bits per heavy atom. The lowest BCUT2D eigenvalue weighted by Crippen LogP contribution is -2.03. The Kier molecular flexibility index (Phi) is 9.94. The van der Waals surface area contributed by atoms with Crippen molar-refractivity contribution in [3.8, 4) is 42.3 Å². The highest BCUT2D eigenvalue weighted by Crippen LogP contribution is 2.50. The molecule has 2 nitrogen and oxygen atoms in total. The first kappa shape index (κ1) is 34.9. The van der Waals surface area contributed by atoms with Gasteiger partial charge >= 0.3 is 0 Å². The van der Waals surface area contributed by atoms with E-state index in [-0.39, 0.29) is 0 Å². The second-order valence-corrected chi connectivity index (χ2v) is 19.9. The quantitative estimate of drug-likeness (QED) is 0.166. The molecule has 6 aromatic heterocycles. The van der Waals surface area contributed by atoms with Gasteiger partial charge in [0.1, 0.15) is 0 Å². The molecule has 10 heteroatoms. The molecule has 0 saturated heterocycles. The summed E-state index contributed by atoms with van der Waals surface area (Å²) in [6.45, 7) is 1.52. The van der Waals surface area contributed by atoms with Crippen LogP contribution in [0.3, 0.4) is 0 Å². The molecular formula is C42H26Br4N2S4. The minimum atomic E-state index is 0.760. The molecule has 256 valence electrons. The first-order valence-electron chi connectivity index (χ1n) is 16.4. The SMILES string of the molecule is Brc1c(Br)c2n(Cc3ccccc3)c1-c1ccc(s1)/C=C\c1ccc(s1)-c1c(Br)c(Br)c(n1Cc1ccccc1)-c1ccc(s1)/C=C\c1ccc-2s1. The number of thiophene rings is 4. The van der Waals surface area contributed by atoms with Gasteiger partial charge in [0.15, 0.2) is 0 Å². The van der Waals surface area contributed by atoms with Crippen molar-refractivity contribution >= 4 is 133 Å². The second kappa shape index (κ2) is 14.8. The molecule has 0 unspecified atom stereocenters. The van der Waals surface area contributed by atoms with E-state index >= 15 is 0 Å². The Morgan fingerprint density at radius 3 is 0.885 bits per heavy atom. The highest BCUT2D eigenvalue weighted by atomic mass is 79.9. The zero-order chi connectivity index (χ0) is 35.3. The fourth-order valence-corrected chi connectivity index (χ4v) is 13.4. The molecule has 0 spiro atoms. The van der Waals surface area contributed by atoms with E-state index in [0.717, 1.165) is 31.0 Å². The molecule has 12 bridgehead atoms. The lowest BCUT2D eigenvalue weighted by molar-refractivity contribution is 0.823. The van der Waals surface area contributed by atoms with Crippen LogP contribution in [0.2, 0.25) is 0 Å². The van der Waals surface area contributed by atoms with Crippen molar-refractivity contribution in [3.05, 3.63) is 158 Å². The van der Waals surface area contributed by atoms with Gasteiger partial charge in [-0.3, -0.25) is 0 Å². The summed E-state index contributed by atoms with van der Waals surface area (Å²) in [5.41, 5.74) is 7.24. The first-order chi connectivity index (χ1) is 25.4. The number of benzene rings is 2. The summed E-state index contributed by atoms with van der Waals surface area (Å²) < 4.78 is 9.20. The third-order valence-electron chi connectivity index (χ3n) is 8.93. The van der Waals surface area contributed by atoms with Gasteiger partial charge in [-0.2, -0.15) is 0 Å². The molecule has 0 aliphatic carbocycles. The lowest BCUT2D eigenvalue weighted by Gasteiger charge is -2.13. The number of aromatic nitrogens is 2. The molecule has 1 aliphatic rings. The van der Waals surface area contributed by atoms with Crippen LogP contribution in [0.4, 0.5) is 0 Å². The second-order valence-electron chi connectivity index (χ2n) is 12.3. The molecule has 0 amide bonds. The van der Waals surface area contributed by atoms with Crippen LogP contribution in [-0.4, -0.2) is 9.13 Å². The van der Waals surface area contributed by atoms with Crippen molar-refractivity contribution in [2.75, 3.05) is 0 Å². The molecule has 8 aromatic rings.